The molecule has 2 N–H and O–H groups in total. The van der Waals surface area contributed by atoms with Crippen LogP contribution in [0.15, 0.2) is 28.9 Å². The molecule has 0 unspecified atom stereocenters. The molecule has 0 aliphatic heterocycles. The van der Waals surface area contributed by atoms with Gasteiger partial charge in [0.2, 0.25) is 0 Å². The molecule has 0 bridgehead atoms. The summed E-state index contributed by atoms with van der Waals surface area (Å²) in [5.41, 5.74) is 1.17. The number of esters is 1. The van der Waals surface area contributed by atoms with Gasteiger partial charge in [-0.25, -0.2) is 0 Å². The molecule has 6 heteroatoms. The highest BCUT2D eigenvalue weighted by atomic mass is 16.5. The Morgan fingerprint density at radius 3 is 2.92 bits per heavy atom. The molecular formula is C20H25NO5. The summed E-state index contributed by atoms with van der Waals surface area (Å²) in [6, 6.07) is 4.86. The molecule has 3 atom stereocenters. The molecule has 2 aromatic rings. The number of hydrogen-bond donors (Lipinski definition) is 2. The second kappa shape index (κ2) is 7.81. The number of aromatic hydroxyl groups is 1. The lowest BCUT2D eigenvalue weighted by Crippen LogP contribution is -2.45. The number of phenolic OH excluding ortho intramolecular Hbond substituents is 1. The molecule has 1 aromatic heterocycles. The summed E-state index contributed by atoms with van der Waals surface area (Å²) >= 11 is 0. The van der Waals surface area contributed by atoms with E-state index in [1.807, 2.05) is 0 Å². The van der Waals surface area contributed by atoms with Crippen LogP contribution in [-0.4, -0.2) is 29.6 Å². The largest absolute Gasteiger partial charge is 0.508 e. The van der Waals surface area contributed by atoms with Crippen LogP contribution >= 0.6 is 0 Å². The van der Waals surface area contributed by atoms with Gasteiger partial charge in [0.1, 0.15) is 11.3 Å². The number of carbonyl (C=O) groups is 2. The van der Waals surface area contributed by atoms with Gasteiger partial charge in [0.15, 0.2) is 6.61 Å². The van der Waals surface area contributed by atoms with Crippen LogP contribution < -0.4 is 5.32 Å². The van der Waals surface area contributed by atoms with Crippen LogP contribution in [0.1, 0.15) is 38.7 Å². The topological polar surface area (TPSA) is 88.8 Å². The van der Waals surface area contributed by atoms with Gasteiger partial charge in [-0.2, -0.15) is 0 Å². The van der Waals surface area contributed by atoms with Crippen LogP contribution in [0.25, 0.3) is 11.0 Å². The Labute approximate surface area is 152 Å². The van der Waals surface area contributed by atoms with E-state index in [0.29, 0.717) is 23.0 Å². The van der Waals surface area contributed by atoms with Crippen molar-refractivity contribution in [1.82, 2.24) is 5.32 Å². The summed E-state index contributed by atoms with van der Waals surface area (Å²) in [7, 11) is 0. The third-order valence-corrected chi connectivity index (χ3v) is 5.39. The van der Waals surface area contributed by atoms with Crippen LogP contribution in [0, 0.1) is 11.8 Å². The second-order valence-corrected chi connectivity index (χ2v) is 7.22. The predicted octanol–water partition coefficient (Wildman–Crippen LogP) is 3.17. The van der Waals surface area contributed by atoms with Gasteiger partial charge in [-0.1, -0.05) is 26.7 Å². The molecule has 1 fully saturated rings. The van der Waals surface area contributed by atoms with Crippen LogP contribution in [-0.2, 0) is 20.7 Å². The molecule has 0 spiro atoms. The third-order valence-electron chi connectivity index (χ3n) is 5.39. The van der Waals surface area contributed by atoms with E-state index < -0.39 is 5.97 Å². The number of hydrogen-bond acceptors (Lipinski definition) is 5. The van der Waals surface area contributed by atoms with Gasteiger partial charge >= 0.3 is 5.97 Å². The van der Waals surface area contributed by atoms with Crippen molar-refractivity contribution in [2.75, 3.05) is 6.61 Å². The number of benzene rings is 1. The highest BCUT2D eigenvalue weighted by Crippen LogP contribution is 2.29. The summed E-state index contributed by atoms with van der Waals surface area (Å²) in [4.78, 5) is 24.1. The molecule has 3 rings (SSSR count). The number of carbonyl (C=O) groups excluding carboxylic acids is 2. The number of phenols is 1. The van der Waals surface area contributed by atoms with Crippen LogP contribution in [0.2, 0.25) is 0 Å². The molecule has 1 aliphatic carbocycles. The number of nitrogens with one attached hydrogen (secondary N) is 1. The molecule has 0 radical (unpaired) electrons. The molecule has 1 aliphatic rings. The standard InChI is InChI=1S/C20H25NO5/c1-12-4-3-5-17(13(12)2)21-19(23)11-26-20(24)8-14-10-25-18-9-15(22)6-7-16(14)18/h6-7,9-10,12-13,17,22H,3-5,8,11H2,1-2H3,(H,21,23)/t12-,13+,17-/m0/s1. The summed E-state index contributed by atoms with van der Waals surface area (Å²) in [6.07, 6.45) is 4.76. The first-order chi connectivity index (χ1) is 12.4. The molecule has 1 aromatic carbocycles. The minimum atomic E-state index is -0.485. The van der Waals surface area contributed by atoms with E-state index in [1.165, 1.54) is 24.8 Å². The zero-order valence-electron chi connectivity index (χ0n) is 15.2. The number of rotatable bonds is 5. The number of amides is 1. The van der Waals surface area contributed by atoms with Gasteiger partial charge in [0.05, 0.1) is 12.7 Å². The Kier molecular flexibility index (Phi) is 5.49. The minimum absolute atomic E-state index is 0.0158. The lowest BCUT2D eigenvalue weighted by Gasteiger charge is -2.34. The van der Waals surface area contributed by atoms with Crippen molar-refractivity contribution in [1.29, 1.82) is 0 Å². The second-order valence-electron chi connectivity index (χ2n) is 7.22. The first-order valence-corrected chi connectivity index (χ1v) is 9.08. The van der Waals surface area contributed by atoms with E-state index in [0.717, 1.165) is 18.2 Å². The fourth-order valence-electron chi connectivity index (χ4n) is 3.60. The van der Waals surface area contributed by atoms with Crippen LogP contribution in [0.3, 0.4) is 0 Å². The average molecular weight is 359 g/mol. The van der Waals surface area contributed by atoms with Crippen LogP contribution in [0.4, 0.5) is 0 Å². The van der Waals surface area contributed by atoms with Gasteiger partial charge < -0.3 is 19.6 Å². The molecule has 6 nitrogen and oxygen atoms in total. The lowest BCUT2D eigenvalue weighted by atomic mass is 9.78. The van der Waals surface area contributed by atoms with E-state index in [-0.39, 0.29) is 30.7 Å². The SMILES string of the molecule is C[C@H]1[C@@H](NC(=O)COC(=O)Cc2coc3cc(O)ccc23)CCC[C@@H]1C. The van der Waals surface area contributed by atoms with E-state index in [9.17, 15) is 14.7 Å². The van der Waals surface area contributed by atoms with Crippen LogP contribution in [0.5, 0.6) is 5.75 Å². The molecule has 1 heterocycles. The quantitative estimate of drug-likeness (QED) is 0.801. The predicted molar refractivity (Wildman–Crippen MR) is 96.7 cm³/mol. The first kappa shape index (κ1) is 18.3. The third kappa shape index (κ3) is 4.18. The lowest BCUT2D eigenvalue weighted by molar-refractivity contribution is -0.148. The normalized spacial score (nSPS) is 22.9. The Morgan fingerprint density at radius 1 is 1.31 bits per heavy atom. The molecule has 0 saturated heterocycles. The molecule has 1 amide bonds. The molecule has 1 saturated carbocycles. The summed E-state index contributed by atoms with van der Waals surface area (Å²) < 4.78 is 10.4. The van der Waals surface area contributed by atoms with Crippen molar-refractivity contribution < 1.29 is 23.8 Å². The van der Waals surface area contributed by atoms with Gasteiger partial charge in [0.25, 0.3) is 5.91 Å². The first-order valence-electron chi connectivity index (χ1n) is 9.08. The maximum absolute atomic E-state index is 12.1. The van der Waals surface area contributed by atoms with Crippen molar-refractivity contribution in [3.05, 3.63) is 30.0 Å². The summed E-state index contributed by atoms with van der Waals surface area (Å²) in [5.74, 6) is 0.374. The van der Waals surface area contributed by atoms with Gasteiger partial charge in [-0.15, -0.1) is 0 Å². The van der Waals surface area contributed by atoms with E-state index >= 15 is 0 Å². The van der Waals surface area contributed by atoms with Crippen molar-refractivity contribution in [2.45, 2.75) is 45.6 Å². The molecule has 140 valence electrons. The minimum Gasteiger partial charge on any atom is -0.508 e. The fourth-order valence-corrected chi connectivity index (χ4v) is 3.60. The monoisotopic (exact) mass is 359 g/mol. The van der Waals surface area contributed by atoms with Gasteiger partial charge in [-0.05, 0) is 30.4 Å². The molecular weight excluding hydrogens is 334 g/mol. The average Bonchev–Trinajstić information content (AvgIpc) is 2.99. The highest BCUT2D eigenvalue weighted by molar-refractivity contribution is 5.87. The highest BCUT2D eigenvalue weighted by Gasteiger charge is 2.28. The van der Waals surface area contributed by atoms with E-state index in [4.69, 9.17) is 9.15 Å². The van der Waals surface area contributed by atoms with Crippen molar-refractivity contribution in [3.63, 3.8) is 0 Å². The van der Waals surface area contributed by atoms with Crippen molar-refractivity contribution in [2.24, 2.45) is 11.8 Å². The fraction of sp³-hybridized carbons (Fsp3) is 0.500. The van der Waals surface area contributed by atoms with E-state index in [1.54, 1.807) is 6.07 Å². The number of fused-ring (bicyclic) bond motifs is 1. The molecule has 26 heavy (non-hydrogen) atoms. The number of ether oxygens (including phenoxy) is 1. The summed E-state index contributed by atoms with van der Waals surface area (Å²) in [6.45, 7) is 4.09. The number of furan rings is 1. The van der Waals surface area contributed by atoms with E-state index in [2.05, 4.69) is 19.2 Å². The van der Waals surface area contributed by atoms with Crippen molar-refractivity contribution in [3.8, 4) is 5.75 Å². The maximum atomic E-state index is 12.1. The Hall–Kier alpha value is -2.50. The Bertz CT molecular complexity index is 797. The maximum Gasteiger partial charge on any atom is 0.310 e. The zero-order chi connectivity index (χ0) is 18.7. The Morgan fingerprint density at radius 2 is 2.12 bits per heavy atom. The smallest absolute Gasteiger partial charge is 0.310 e. The van der Waals surface area contributed by atoms with Gasteiger partial charge in [-0.3, -0.25) is 9.59 Å². The van der Waals surface area contributed by atoms with Gasteiger partial charge in [0, 0.05) is 23.1 Å². The Balaban J connectivity index is 1.49. The summed E-state index contributed by atoms with van der Waals surface area (Å²) in [5, 5.41) is 13.2. The van der Waals surface area contributed by atoms with Crippen molar-refractivity contribution >= 4 is 22.8 Å². The zero-order valence-corrected chi connectivity index (χ0v) is 15.2.